The third kappa shape index (κ3) is 2.65. The van der Waals surface area contributed by atoms with Crippen molar-refractivity contribution in [3.8, 4) is 0 Å². The molecule has 0 aliphatic heterocycles. The van der Waals surface area contributed by atoms with E-state index in [0.29, 0.717) is 0 Å². The average molecular weight is 349 g/mol. The third-order valence-electron chi connectivity index (χ3n) is 3.88. The van der Waals surface area contributed by atoms with Gasteiger partial charge >= 0.3 is 0 Å². The van der Waals surface area contributed by atoms with Crippen molar-refractivity contribution in [2.45, 2.75) is 4.32 Å². The van der Waals surface area contributed by atoms with Gasteiger partial charge in [0.25, 0.3) is 0 Å². The molecular weight excluding hydrogens is 332 g/mol. The molecule has 0 nitrogen and oxygen atoms in total. The molecule has 0 heterocycles. The van der Waals surface area contributed by atoms with Gasteiger partial charge in [0.05, 0.1) is 0 Å². The molecule has 0 saturated carbocycles. The zero-order valence-electron chi connectivity index (χ0n) is 12.2. The van der Waals surface area contributed by atoms with Crippen LogP contribution < -0.4 is 0 Å². The van der Waals surface area contributed by atoms with E-state index in [-0.39, 0.29) is 0 Å². The van der Waals surface area contributed by atoms with Crippen molar-refractivity contribution in [2.75, 3.05) is 0 Å². The molecule has 1 heteroatoms. The molecule has 0 aliphatic carbocycles. The number of halogens is 1. The molecule has 22 heavy (non-hydrogen) atoms. The molecule has 0 amide bonds. The van der Waals surface area contributed by atoms with Gasteiger partial charge in [-0.2, -0.15) is 0 Å². The maximum Gasteiger partial charge on any atom is 0.100 e. The minimum Gasteiger partial charge on any atom is -0.0931 e. The Kier molecular flexibility index (Phi) is 4.26. The molecule has 0 bridgehead atoms. The number of rotatable bonds is 4. The Morgan fingerprint density at radius 3 is 1.41 bits per heavy atom. The van der Waals surface area contributed by atoms with Crippen molar-refractivity contribution in [1.29, 1.82) is 0 Å². The van der Waals surface area contributed by atoms with Crippen LogP contribution in [0.1, 0.15) is 16.7 Å². The summed E-state index contributed by atoms with van der Waals surface area (Å²) in [5, 5.41) is 0. The second kappa shape index (κ2) is 6.33. The molecule has 3 aromatic rings. The van der Waals surface area contributed by atoms with Gasteiger partial charge in [0, 0.05) is 0 Å². The van der Waals surface area contributed by atoms with Crippen LogP contribution in [0.25, 0.3) is 5.57 Å². The first-order valence-corrected chi connectivity index (χ1v) is 8.07. The van der Waals surface area contributed by atoms with Gasteiger partial charge in [-0.05, 0) is 22.3 Å². The summed E-state index contributed by atoms with van der Waals surface area (Å²) in [5.74, 6) is 0. The highest BCUT2D eigenvalue weighted by Gasteiger charge is 2.34. The van der Waals surface area contributed by atoms with Crippen LogP contribution in [-0.4, -0.2) is 0 Å². The molecule has 0 fully saturated rings. The first-order chi connectivity index (χ1) is 10.7. The average Bonchev–Trinajstić information content (AvgIpc) is 2.62. The summed E-state index contributed by atoms with van der Waals surface area (Å²) in [6, 6.07) is 31.2. The second-order valence-electron chi connectivity index (χ2n) is 5.24. The van der Waals surface area contributed by atoms with Crippen LogP contribution in [0, 0.1) is 0 Å². The molecule has 0 unspecified atom stereocenters. The zero-order chi connectivity index (χ0) is 15.4. The monoisotopic (exact) mass is 348 g/mol. The van der Waals surface area contributed by atoms with Gasteiger partial charge in [-0.15, -0.1) is 0 Å². The second-order valence-corrected chi connectivity index (χ2v) is 6.42. The lowest BCUT2D eigenvalue weighted by Gasteiger charge is -2.31. The quantitative estimate of drug-likeness (QED) is 0.504. The minimum absolute atomic E-state index is 0.434. The molecule has 0 aromatic heterocycles. The van der Waals surface area contributed by atoms with Crippen LogP contribution in [0.5, 0.6) is 0 Å². The zero-order valence-corrected chi connectivity index (χ0v) is 13.8. The van der Waals surface area contributed by atoms with Crippen molar-refractivity contribution in [1.82, 2.24) is 0 Å². The molecule has 0 aliphatic rings. The van der Waals surface area contributed by atoms with E-state index in [0.717, 1.165) is 11.1 Å². The molecule has 0 N–H and O–H groups in total. The number of benzene rings is 3. The maximum atomic E-state index is 4.40. The number of hydrogen-bond donors (Lipinski definition) is 0. The molecule has 0 atom stereocenters. The maximum absolute atomic E-state index is 4.40. The normalized spacial score (nSPS) is 11.1. The van der Waals surface area contributed by atoms with Crippen molar-refractivity contribution in [3.63, 3.8) is 0 Å². The highest BCUT2D eigenvalue weighted by Crippen LogP contribution is 2.48. The van der Waals surface area contributed by atoms with Crippen LogP contribution >= 0.6 is 15.9 Å². The largest absolute Gasteiger partial charge is 0.100 e. The number of alkyl halides is 1. The molecule has 0 saturated heterocycles. The first kappa shape index (κ1) is 14.8. The molecule has 108 valence electrons. The van der Waals surface area contributed by atoms with E-state index >= 15 is 0 Å². The molecular formula is C21H17Br. The van der Waals surface area contributed by atoms with Gasteiger partial charge in [-0.25, -0.2) is 0 Å². The summed E-state index contributed by atoms with van der Waals surface area (Å²) < 4.78 is -0.434. The van der Waals surface area contributed by atoms with Crippen molar-refractivity contribution in [2.24, 2.45) is 0 Å². The van der Waals surface area contributed by atoms with Gasteiger partial charge in [0.15, 0.2) is 0 Å². The Balaban J connectivity index is 2.18. The van der Waals surface area contributed by atoms with Crippen LogP contribution in [-0.2, 0) is 4.32 Å². The Labute approximate surface area is 140 Å². The van der Waals surface area contributed by atoms with E-state index in [4.69, 9.17) is 0 Å². The Morgan fingerprint density at radius 2 is 1.00 bits per heavy atom. The van der Waals surface area contributed by atoms with Gasteiger partial charge in [-0.3, -0.25) is 0 Å². The summed E-state index contributed by atoms with van der Waals surface area (Å²) in [4.78, 5) is 0. The summed E-state index contributed by atoms with van der Waals surface area (Å²) in [7, 11) is 0. The minimum atomic E-state index is -0.434. The fraction of sp³-hybridized carbons (Fsp3) is 0.0476. The van der Waals surface area contributed by atoms with E-state index in [1.165, 1.54) is 11.1 Å². The van der Waals surface area contributed by atoms with Crippen LogP contribution in [0.3, 0.4) is 0 Å². The predicted octanol–water partition coefficient (Wildman–Crippen LogP) is 6.04. The highest BCUT2D eigenvalue weighted by atomic mass is 79.9. The Bertz CT molecular complexity index is 706. The van der Waals surface area contributed by atoms with Gasteiger partial charge in [0.1, 0.15) is 4.32 Å². The van der Waals surface area contributed by atoms with Crippen molar-refractivity contribution in [3.05, 3.63) is 114 Å². The Morgan fingerprint density at radius 1 is 0.636 bits per heavy atom. The SMILES string of the molecule is C=C(c1ccccc1)C(Br)(c1ccccc1)c1ccccc1. The first-order valence-electron chi connectivity index (χ1n) is 7.27. The predicted molar refractivity (Wildman–Crippen MR) is 98.1 cm³/mol. The fourth-order valence-electron chi connectivity index (χ4n) is 2.69. The van der Waals surface area contributed by atoms with E-state index in [9.17, 15) is 0 Å². The van der Waals surface area contributed by atoms with E-state index < -0.39 is 4.32 Å². The molecule has 3 aromatic carbocycles. The highest BCUT2D eigenvalue weighted by molar-refractivity contribution is 9.10. The van der Waals surface area contributed by atoms with Crippen molar-refractivity contribution >= 4 is 21.5 Å². The molecule has 0 spiro atoms. The van der Waals surface area contributed by atoms with E-state index in [1.54, 1.807) is 0 Å². The smallest absolute Gasteiger partial charge is 0.0931 e. The molecule has 3 rings (SSSR count). The van der Waals surface area contributed by atoms with Crippen LogP contribution in [0.2, 0.25) is 0 Å². The van der Waals surface area contributed by atoms with Crippen LogP contribution in [0.15, 0.2) is 97.6 Å². The summed E-state index contributed by atoms with van der Waals surface area (Å²) in [6.45, 7) is 4.40. The van der Waals surface area contributed by atoms with Crippen LogP contribution in [0.4, 0.5) is 0 Å². The number of hydrogen-bond acceptors (Lipinski definition) is 0. The lowest BCUT2D eigenvalue weighted by atomic mass is 9.82. The van der Waals surface area contributed by atoms with Crippen molar-refractivity contribution < 1.29 is 0 Å². The summed E-state index contributed by atoms with van der Waals surface area (Å²) >= 11 is 4.00. The lowest BCUT2D eigenvalue weighted by Crippen LogP contribution is -2.21. The number of allylic oxidation sites excluding steroid dienone is 1. The topological polar surface area (TPSA) is 0 Å². The third-order valence-corrected chi connectivity index (χ3v) is 5.28. The van der Waals surface area contributed by atoms with Gasteiger partial charge < -0.3 is 0 Å². The fourth-order valence-corrected chi connectivity index (χ4v) is 3.45. The Hall–Kier alpha value is -2.12. The summed E-state index contributed by atoms with van der Waals surface area (Å²) in [6.07, 6.45) is 0. The summed E-state index contributed by atoms with van der Waals surface area (Å²) in [5.41, 5.74) is 4.52. The van der Waals surface area contributed by atoms with Gasteiger partial charge in [0.2, 0.25) is 0 Å². The van der Waals surface area contributed by atoms with Gasteiger partial charge in [-0.1, -0.05) is 114 Å². The lowest BCUT2D eigenvalue weighted by molar-refractivity contribution is 0.986. The molecule has 0 radical (unpaired) electrons. The standard InChI is InChI=1S/C21H17Br/c1-17(18-11-5-2-6-12-18)21(22,19-13-7-3-8-14-19)20-15-9-4-10-16-20/h2-16H,1H2. The van der Waals surface area contributed by atoms with E-state index in [1.807, 2.05) is 30.3 Å². The van der Waals surface area contributed by atoms with E-state index in [2.05, 4.69) is 83.2 Å².